The first-order valence-corrected chi connectivity index (χ1v) is 9.63. The fourth-order valence-electron chi connectivity index (χ4n) is 1.51. The molecule has 0 saturated carbocycles. The number of rotatable bonds is 2. The second kappa shape index (κ2) is 9.77. The number of amides is 2. The molecule has 0 aliphatic heterocycles. The monoisotopic (exact) mass is 482 g/mol. The normalized spacial score (nSPS) is 11.1. The molecule has 2 aromatic heterocycles. The van der Waals surface area contributed by atoms with Gasteiger partial charge in [-0.15, -0.1) is 0 Å². The van der Waals surface area contributed by atoms with Gasteiger partial charge >= 0.3 is 0 Å². The third kappa shape index (κ3) is 8.47. The number of aromatic nitrogens is 2. The van der Waals surface area contributed by atoms with E-state index in [2.05, 4.69) is 43.2 Å². The summed E-state index contributed by atoms with van der Waals surface area (Å²) in [6.45, 7) is 11.2. The van der Waals surface area contributed by atoms with E-state index in [-0.39, 0.29) is 22.6 Å². The molecule has 0 bridgehead atoms. The zero-order valence-electron chi connectivity index (χ0n) is 16.6. The molecule has 0 atom stereocenters. The average molecular weight is 482 g/mol. The Labute approximate surface area is 174 Å². The lowest BCUT2D eigenvalue weighted by molar-refractivity contribution is -0.123. The van der Waals surface area contributed by atoms with Gasteiger partial charge in [-0.05, 0) is 46.9 Å². The Hall–Kier alpha value is -2.03. The summed E-state index contributed by atoms with van der Waals surface area (Å²) in [5.74, 6) is 1.19. The van der Waals surface area contributed by atoms with Gasteiger partial charge in [-0.3, -0.25) is 9.59 Å². The van der Waals surface area contributed by atoms with Crippen LogP contribution in [0.2, 0.25) is 0 Å². The lowest BCUT2D eigenvalue weighted by atomic mass is 9.96. The van der Waals surface area contributed by atoms with Crippen LogP contribution >= 0.6 is 22.6 Å². The van der Waals surface area contributed by atoms with Crippen LogP contribution in [0, 0.1) is 14.4 Å². The van der Waals surface area contributed by atoms with Crippen molar-refractivity contribution in [3.8, 4) is 0 Å². The van der Waals surface area contributed by atoms with E-state index in [0.717, 1.165) is 3.57 Å². The highest BCUT2D eigenvalue weighted by molar-refractivity contribution is 14.1. The van der Waals surface area contributed by atoms with E-state index >= 15 is 0 Å². The largest absolute Gasteiger partial charge is 0.310 e. The molecule has 2 aromatic rings. The van der Waals surface area contributed by atoms with Crippen molar-refractivity contribution in [3.63, 3.8) is 0 Å². The van der Waals surface area contributed by atoms with Gasteiger partial charge in [0.2, 0.25) is 11.8 Å². The van der Waals surface area contributed by atoms with Crippen molar-refractivity contribution in [1.82, 2.24) is 9.97 Å². The summed E-state index contributed by atoms with van der Waals surface area (Å²) in [7, 11) is 0. The predicted octanol–water partition coefficient (Wildman–Crippen LogP) is 4.74. The fourth-order valence-corrected chi connectivity index (χ4v) is 1.99. The van der Waals surface area contributed by atoms with Crippen molar-refractivity contribution in [1.29, 1.82) is 0 Å². The number of hydrogen-bond acceptors (Lipinski definition) is 4. The van der Waals surface area contributed by atoms with Gasteiger partial charge in [0.25, 0.3) is 0 Å². The third-order valence-corrected chi connectivity index (χ3v) is 4.13. The van der Waals surface area contributed by atoms with Crippen molar-refractivity contribution < 1.29 is 9.59 Å². The van der Waals surface area contributed by atoms with Crippen LogP contribution in [0.3, 0.4) is 0 Å². The first-order valence-electron chi connectivity index (χ1n) is 8.55. The van der Waals surface area contributed by atoms with Gasteiger partial charge in [-0.1, -0.05) is 47.6 Å². The van der Waals surface area contributed by atoms with Crippen LogP contribution in [-0.2, 0) is 9.59 Å². The van der Waals surface area contributed by atoms with Gasteiger partial charge in [0.05, 0.1) is 3.57 Å². The van der Waals surface area contributed by atoms with E-state index in [1.54, 1.807) is 18.5 Å². The molecule has 27 heavy (non-hydrogen) atoms. The van der Waals surface area contributed by atoms with Crippen molar-refractivity contribution >= 4 is 46.0 Å². The molecule has 0 radical (unpaired) electrons. The Kier molecular flexibility index (Phi) is 8.33. The molecule has 0 aliphatic rings. The first-order chi connectivity index (χ1) is 12.4. The average Bonchev–Trinajstić information content (AvgIpc) is 2.57. The van der Waals surface area contributed by atoms with Crippen LogP contribution in [0.15, 0.2) is 42.7 Å². The molecule has 0 aromatic carbocycles. The van der Waals surface area contributed by atoms with Gasteiger partial charge < -0.3 is 10.6 Å². The van der Waals surface area contributed by atoms with Crippen LogP contribution in [0.25, 0.3) is 0 Å². The molecule has 0 unspecified atom stereocenters. The highest BCUT2D eigenvalue weighted by atomic mass is 127. The molecule has 0 fully saturated rings. The Bertz CT molecular complexity index is 766. The third-order valence-electron chi connectivity index (χ3n) is 3.26. The van der Waals surface area contributed by atoms with Crippen molar-refractivity contribution in [3.05, 3.63) is 46.3 Å². The second-order valence-electron chi connectivity index (χ2n) is 7.96. The van der Waals surface area contributed by atoms with Crippen LogP contribution in [-0.4, -0.2) is 21.8 Å². The molecule has 2 amide bonds. The molecule has 0 aliphatic carbocycles. The van der Waals surface area contributed by atoms with Crippen molar-refractivity contribution in [2.45, 2.75) is 41.5 Å². The van der Waals surface area contributed by atoms with Crippen molar-refractivity contribution in [2.24, 2.45) is 10.8 Å². The molecule has 0 saturated heterocycles. The van der Waals surface area contributed by atoms with E-state index in [9.17, 15) is 9.59 Å². The van der Waals surface area contributed by atoms with Gasteiger partial charge in [0, 0.05) is 23.2 Å². The zero-order chi connectivity index (χ0) is 20.7. The van der Waals surface area contributed by atoms with Gasteiger partial charge in [0.15, 0.2) is 0 Å². The second-order valence-corrected chi connectivity index (χ2v) is 9.12. The maximum Gasteiger partial charge on any atom is 0.230 e. The summed E-state index contributed by atoms with van der Waals surface area (Å²) < 4.78 is 0.947. The zero-order valence-corrected chi connectivity index (χ0v) is 18.8. The molecule has 0 spiro atoms. The number of hydrogen-bond donors (Lipinski definition) is 2. The summed E-state index contributed by atoms with van der Waals surface area (Å²) >= 11 is 2.14. The maximum absolute atomic E-state index is 11.6. The fraction of sp³-hybridized carbons (Fsp3) is 0.400. The topological polar surface area (TPSA) is 84.0 Å². The lowest BCUT2D eigenvalue weighted by Crippen LogP contribution is -2.28. The van der Waals surface area contributed by atoms with E-state index in [1.807, 2.05) is 65.8 Å². The predicted molar refractivity (Wildman–Crippen MR) is 117 cm³/mol. The van der Waals surface area contributed by atoms with Gasteiger partial charge in [-0.2, -0.15) is 0 Å². The minimum atomic E-state index is -0.388. The quantitative estimate of drug-likeness (QED) is 0.606. The number of carbonyl (C=O) groups excluding carboxylic acids is 2. The summed E-state index contributed by atoms with van der Waals surface area (Å²) in [5.41, 5.74) is -0.766. The van der Waals surface area contributed by atoms with Crippen LogP contribution in [0.5, 0.6) is 0 Å². The van der Waals surface area contributed by atoms with E-state index in [4.69, 9.17) is 0 Å². The molecular formula is C20H27IN4O2. The van der Waals surface area contributed by atoms with Crippen LogP contribution < -0.4 is 10.6 Å². The van der Waals surface area contributed by atoms with E-state index in [0.29, 0.717) is 11.6 Å². The van der Waals surface area contributed by atoms with Gasteiger partial charge in [-0.25, -0.2) is 9.97 Å². The van der Waals surface area contributed by atoms with E-state index in [1.165, 1.54) is 0 Å². The minimum Gasteiger partial charge on any atom is -0.310 e. The standard InChI is InChI=1S/C10H13IN2O.C10H14N2O/c1-10(2,3)9(14)13-8-7(11)5-4-6-12-8;1-10(2,3)9(13)12-8-6-4-5-7-11-8/h4-6H,1-3H3,(H,12,13,14);4-7H,1-3H3,(H,11,12,13). The van der Waals surface area contributed by atoms with Crippen molar-refractivity contribution in [2.75, 3.05) is 10.6 Å². The maximum atomic E-state index is 11.6. The van der Waals surface area contributed by atoms with Crippen LogP contribution in [0.4, 0.5) is 11.6 Å². The lowest BCUT2D eigenvalue weighted by Gasteiger charge is -2.17. The molecule has 6 nitrogen and oxygen atoms in total. The Morgan fingerprint density at radius 1 is 0.815 bits per heavy atom. The summed E-state index contributed by atoms with van der Waals surface area (Å²) in [6, 6.07) is 9.17. The first kappa shape index (κ1) is 23.0. The number of nitrogens with zero attached hydrogens (tertiary/aromatic N) is 2. The SMILES string of the molecule is CC(C)(C)C(=O)Nc1ccccn1.CC(C)(C)C(=O)Nc1ncccc1I. The Morgan fingerprint density at radius 2 is 1.37 bits per heavy atom. The van der Waals surface area contributed by atoms with E-state index < -0.39 is 0 Å². The smallest absolute Gasteiger partial charge is 0.230 e. The molecule has 2 heterocycles. The Balaban J connectivity index is 0.000000271. The number of halogens is 1. The summed E-state index contributed by atoms with van der Waals surface area (Å²) in [6.07, 6.45) is 3.32. The summed E-state index contributed by atoms with van der Waals surface area (Å²) in [5, 5.41) is 5.52. The van der Waals surface area contributed by atoms with Crippen LogP contribution in [0.1, 0.15) is 41.5 Å². The molecule has 2 N–H and O–H groups in total. The molecular weight excluding hydrogens is 455 g/mol. The molecule has 146 valence electrons. The Morgan fingerprint density at radius 3 is 1.85 bits per heavy atom. The number of nitrogens with one attached hydrogen (secondary N) is 2. The highest BCUT2D eigenvalue weighted by Gasteiger charge is 2.22. The molecule has 7 heteroatoms. The number of anilines is 2. The number of pyridine rings is 2. The minimum absolute atomic E-state index is 0.0193. The number of carbonyl (C=O) groups is 2. The highest BCUT2D eigenvalue weighted by Crippen LogP contribution is 2.19. The molecule has 2 rings (SSSR count). The summed E-state index contributed by atoms with van der Waals surface area (Å²) in [4.78, 5) is 31.2. The van der Waals surface area contributed by atoms with Gasteiger partial charge in [0.1, 0.15) is 11.6 Å².